The molecule has 1 heterocycles. The Kier molecular flexibility index (Phi) is 7.33. The molecule has 0 unspecified atom stereocenters. The maximum atomic E-state index is 11.2. The maximum Gasteiger partial charge on any atom is 0.305 e. The van der Waals surface area contributed by atoms with Crippen molar-refractivity contribution in [3.8, 4) is 11.5 Å². The molecule has 0 N–H and O–H groups in total. The average Bonchev–Trinajstić information content (AvgIpc) is 2.85. The first-order chi connectivity index (χ1) is 16.1. The summed E-state index contributed by atoms with van der Waals surface area (Å²) in [5.41, 5.74) is 5.14. The highest BCUT2D eigenvalue weighted by Crippen LogP contribution is 2.40. The second-order valence-corrected chi connectivity index (χ2v) is 8.21. The molecule has 2 aliphatic rings. The van der Waals surface area contributed by atoms with Crippen LogP contribution in [0, 0.1) is 0 Å². The van der Waals surface area contributed by atoms with Crippen molar-refractivity contribution in [2.45, 2.75) is 46.0 Å². The molecular formula is C27H32N2O4. The van der Waals surface area contributed by atoms with Gasteiger partial charge < -0.3 is 19.1 Å². The van der Waals surface area contributed by atoms with E-state index >= 15 is 0 Å². The lowest BCUT2D eigenvalue weighted by Gasteiger charge is -2.27. The van der Waals surface area contributed by atoms with Crippen LogP contribution in [-0.4, -0.2) is 38.5 Å². The fourth-order valence-electron chi connectivity index (χ4n) is 4.22. The lowest BCUT2D eigenvalue weighted by Crippen LogP contribution is -2.23. The molecule has 2 aromatic rings. The van der Waals surface area contributed by atoms with Crippen LogP contribution >= 0.6 is 0 Å². The smallest absolute Gasteiger partial charge is 0.305 e. The van der Waals surface area contributed by atoms with Crippen molar-refractivity contribution < 1.29 is 19.0 Å². The molecule has 6 heteroatoms. The Bertz CT molecular complexity index is 1070. The summed E-state index contributed by atoms with van der Waals surface area (Å²) in [7, 11) is 1.42. The highest BCUT2D eigenvalue weighted by molar-refractivity contribution is 6.15. The van der Waals surface area contributed by atoms with Crippen molar-refractivity contribution in [3.05, 3.63) is 59.4 Å². The number of carbonyl (C=O) groups excluding carboxylic acids is 1. The molecule has 4 rings (SSSR count). The lowest BCUT2D eigenvalue weighted by molar-refractivity contribution is -0.140. The first-order valence-corrected chi connectivity index (χ1v) is 11.8. The Hall–Kier alpha value is -3.28. The van der Waals surface area contributed by atoms with E-state index in [1.807, 2.05) is 12.1 Å². The summed E-state index contributed by atoms with van der Waals surface area (Å²) in [5, 5.41) is 0. The highest BCUT2D eigenvalue weighted by Gasteiger charge is 2.26. The molecule has 0 amide bonds. The minimum atomic E-state index is -0.157. The van der Waals surface area contributed by atoms with Crippen molar-refractivity contribution in [2.75, 3.05) is 31.7 Å². The van der Waals surface area contributed by atoms with Crippen molar-refractivity contribution >= 4 is 23.1 Å². The summed E-state index contributed by atoms with van der Waals surface area (Å²) in [5.74, 6) is 2.29. The number of hydrogen-bond acceptors (Lipinski definition) is 6. The van der Waals surface area contributed by atoms with Gasteiger partial charge in [0.05, 0.1) is 13.7 Å². The molecule has 6 nitrogen and oxygen atoms in total. The Labute approximate surface area is 195 Å². The van der Waals surface area contributed by atoms with Gasteiger partial charge in [-0.3, -0.25) is 4.79 Å². The zero-order chi connectivity index (χ0) is 23.2. The topological polar surface area (TPSA) is 60.4 Å². The minimum absolute atomic E-state index is 0.157. The molecule has 33 heavy (non-hydrogen) atoms. The predicted octanol–water partition coefficient (Wildman–Crippen LogP) is 5.60. The summed E-state index contributed by atoms with van der Waals surface area (Å²) in [6, 6.07) is 12.4. The van der Waals surface area contributed by atoms with Crippen LogP contribution in [0.3, 0.4) is 0 Å². The van der Waals surface area contributed by atoms with Gasteiger partial charge in [-0.1, -0.05) is 6.07 Å². The number of benzene rings is 2. The van der Waals surface area contributed by atoms with Gasteiger partial charge in [-0.25, -0.2) is 4.99 Å². The number of rotatable bonds is 10. The van der Waals surface area contributed by atoms with Gasteiger partial charge in [0.1, 0.15) is 22.9 Å². The molecule has 1 aliphatic heterocycles. The second-order valence-electron chi connectivity index (χ2n) is 8.21. The molecule has 0 atom stereocenters. The summed E-state index contributed by atoms with van der Waals surface area (Å²) in [6.07, 6.45) is 6.02. The van der Waals surface area contributed by atoms with Crippen molar-refractivity contribution in [1.82, 2.24) is 0 Å². The SMILES string of the molecule is CCN(CC)c1ccc2c(c1)OC1=CCc3ccc(OCCCCCC(=O)OC)cc3C1=N2. The largest absolute Gasteiger partial charge is 0.494 e. The molecule has 0 saturated carbocycles. The lowest BCUT2D eigenvalue weighted by atomic mass is 9.93. The van der Waals surface area contributed by atoms with Crippen molar-refractivity contribution in [1.29, 1.82) is 0 Å². The standard InChI is InChI=1S/C27H32N2O4/c1-4-29(5-2)20-12-14-23-25(17-20)33-24-15-11-19-10-13-21(18-22(19)27(24)28-23)32-16-8-6-7-9-26(30)31-3/h10,12-15,17-18H,4-9,11,16H2,1-3H3. The van der Waals surface area contributed by atoms with E-state index in [4.69, 9.17) is 14.5 Å². The van der Waals surface area contributed by atoms with Crippen LogP contribution in [0.1, 0.15) is 50.7 Å². The third-order valence-corrected chi connectivity index (χ3v) is 6.12. The number of hydrogen-bond donors (Lipinski definition) is 0. The predicted molar refractivity (Wildman–Crippen MR) is 131 cm³/mol. The van der Waals surface area contributed by atoms with Crippen LogP contribution in [0.25, 0.3) is 0 Å². The van der Waals surface area contributed by atoms with E-state index in [0.29, 0.717) is 13.0 Å². The fourth-order valence-corrected chi connectivity index (χ4v) is 4.22. The Morgan fingerprint density at radius 3 is 2.73 bits per heavy atom. The van der Waals surface area contributed by atoms with Crippen LogP contribution in [0.5, 0.6) is 11.5 Å². The fraction of sp³-hybridized carbons (Fsp3) is 0.407. The van der Waals surface area contributed by atoms with Gasteiger partial charge in [0.25, 0.3) is 0 Å². The number of esters is 1. The molecule has 0 spiro atoms. The maximum absolute atomic E-state index is 11.2. The number of unbranched alkanes of at least 4 members (excludes halogenated alkanes) is 2. The first-order valence-electron chi connectivity index (χ1n) is 11.8. The zero-order valence-corrected chi connectivity index (χ0v) is 19.7. The van der Waals surface area contributed by atoms with E-state index in [2.05, 4.69) is 53.8 Å². The average molecular weight is 449 g/mol. The number of allylic oxidation sites excluding steroid dienone is 2. The van der Waals surface area contributed by atoms with Gasteiger partial charge in [-0.2, -0.15) is 0 Å². The van der Waals surface area contributed by atoms with E-state index in [-0.39, 0.29) is 5.97 Å². The number of aliphatic imine (C=N–C) groups is 1. The van der Waals surface area contributed by atoms with Crippen LogP contribution in [0.15, 0.2) is 53.2 Å². The summed E-state index contributed by atoms with van der Waals surface area (Å²) >= 11 is 0. The van der Waals surface area contributed by atoms with Crippen LogP contribution in [-0.2, 0) is 16.0 Å². The van der Waals surface area contributed by atoms with Crippen LogP contribution in [0.4, 0.5) is 11.4 Å². The minimum Gasteiger partial charge on any atom is -0.494 e. The molecule has 1 aliphatic carbocycles. The Balaban J connectivity index is 1.46. The normalized spacial score (nSPS) is 13.5. The molecule has 0 bridgehead atoms. The molecule has 2 aromatic carbocycles. The second kappa shape index (κ2) is 10.6. The van der Waals surface area contributed by atoms with E-state index in [1.54, 1.807) is 0 Å². The van der Waals surface area contributed by atoms with Gasteiger partial charge >= 0.3 is 5.97 Å². The molecule has 174 valence electrons. The third-order valence-electron chi connectivity index (χ3n) is 6.12. The van der Waals surface area contributed by atoms with Crippen molar-refractivity contribution in [2.24, 2.45) is 4.99 Å². The Morgan fingerprint density at radius 2 is 1.94 bits per heavy atom. The third kappa shape index (κ3) is 5.21. The number of anilines is 1. The number of ether oxygens (including phenoxy) is 3. The van der Waals surface area contributed by atoms with Gasteiger partial charge in [0, 0.05) is 36.8 Å². The summed E-state index contributed by atoms with van der Waals surface area (Å²) < 4.78 is 16.9. The highest BCUT2D eigenvalue weighted by atomic mass is 16.5. The summed E-state index contributed by atoms with van der Waals surface area (Å²) in [4.78, 5) is 18.4. The number of methoxy groups -OCH3 is 1. The quantitative estimate of drug-likeness (QED) is 0.350. The van der Waals surface area contributed by atoms with E-state index in [9.17, 15) is 4.79 Å². The van der Waals surface area contributed by atoms with Gasteiger partial charge in [0.15, 0.2) is 5.75 Å². The molecule has 0 aromatic heterocycles. The molecule has 0 radical (unpaired) electrons. The van der Waals surface area contributed by atoms with E-state index in [1.165, 1.54) is 12.7 Å². The molecule has 0 fully saturated rings. The van der Waals surface area contributed by atoms with E-state index < -0.39 is 0 Å². The van der Waals surface area contributed by atoms with Gasteiger partial charge in [0.2, 0.25) is 0 Å². The molecule has 0 saturated heterocycles. The monoisotopic (exact) mass is 448 g/mol. The zero-order valence-electron chi connectivity index (χ0n) is 19.7. The molecular weight excluding hydrogens is 416 g/mol. The van der Waals surface area contributed by atoms with Crippen LogP contribution < -0.4 is 14.4 Å². The first kappa shape index (κ1) is 22.9. The van der Waals surface area contributed by atoms with Gasteiger partial charge in [-0.15, -0.1) is 0 Å². The van der Waals surface area contributed by atoms with Crippen LogP contribution in [0.2, 0.25) is 0 Å². The number of nitrogens with zero attached hydrogens (tertiary/aromatic N) is 2. The number of fused-ring (bicyclic) bond motifs is 4. The van der Waals surface area contributed by atoms with Gasteiger partial charge in [-0.05, 0) is 75.4 Å². The van der Waals surface area contributed by atoms with E-state index in [0.717, 1.165) is 78.7 Å². The van der Waals surface area contributed by atoms with Crippen molar-refractivity contribution in [3.63, 3.8) is 0 Å². The summed E-state index contributed by atoms with van der Waals surface area (Å²) in [6.45, 7) is 6.83. The number of carbonyl (C=O) groups is 1. The Morgan fingerprint density at radius 1 is 1.09 bits per heavy atom.